The van der Waals surface area contributed by atoms with Crippen LogP contribution in [-0.4, -0.2) is 4.98 Å². The van der Waals surface area contributed by atoms with Crippen LogP contribution in [0.2, 0.25) is 0 Å². The Morgan fingerprint density at radius 2 is 2.00 bits per heavy atom. The van der Waals surface area contributed by atoms with Gasteiger partial charge in [0.05, 0.1) is 0 Å². The van der Waals surface area contributed by atoms with Crippen molar-refractivity contribution in [2.45, 2.75) is 20.0 Å². The fourth-order valence-electron chi connectivity index (χ4n) is 1.40. The van der Waals surface area contributed by atoms with Gasteiger partial charge in [-0.15, -0.1) is 11.3 Å². The number of nitrogens with zero attached hydrogens (tertiary/aromatic N) is 1. The molecule has 84 valence electrons. The quantitative estimate of drug-likeness (QED) is 0.934. The maximum absolute atomic E-state index is 4.31. The van der Waals surface area contributed by atoms with Gasteiger partial charge in [-0.25, -0.2) is 4.98 Å². The molecule has 2 rings (SSSR count). The Bertz CT molecular complexity index is 450. The predicted molar refractivity (Wildman–Crippen MR) is 71.5 cm³/mol. The third kappa shape index (κ3) is 3.40. The smallest absolute Gasteiger partial charge is 0.107 e. The Kier molecular flexibility index (Phi) is 4.09. The Morgan fingerprint density at radius 1 is 1.25 bits per heavy atom. The Labute approximate surface area is 108 Å². The van der Waals surface area contributed by atoms with Gasteiger partial charge in [-0.05, 0) is 24.6 Å². The number of rotatable bonds is 4. The van der Waals surface area contributed by atoms with Gasteiger partial charge in [0.2, 0.25) is 0 Å². The van der Waals surface area contributed by atoms with E-state index in [9.17, 15) is 0 Å². The van der Waals surface area contributed by atoms with E-state index < -0.39 is 0 Å². The SMILES string of the molecule is Cc1cnc(CNCc2ccc(Br)cc2)s1. The van der Waals surface area contributed by atoms with Crippen molar-refractivity contribution in [3.05, 3.63) is 50.4 Å². The van der Waals surface area contributed by atoms with Crippen LogP contribution in [0.25, 0.3) is 0 Å². The zero-order valence-electron chi connectivity index (χ0n) is 9.03. The molecule has 2 nitrogen and oxygen atoms in total. The van der Waals surface area contributed by atoms with E-state index in [1.54, 1.807) is 11.3 Å². The molecule has 0 aliphatic heterocycles. The minimum atomic E-state index is 0.842. The summed E-state index contributed by atoms with van der Waals surface area (Å²) in [6, 6.07) is 8.35. The van der Waals surface area contributed by atoms with Crippen LogP contribution < -0.4 is 5.32 Å². The molecule has 0 aliphatic carbocycles. The van der Waals surface area contributed by atoms with E-state index >= 15 is 0 Å². The summed E-state index contributed by atoms with van der Waals surface area (Å²) in [5.41, 5.74) is 1.29. The summed E-state index contributed by atoms with van der Waals surface area (Å²) < 4.78 is 1.12. The number of halogens is 1. The van der Waals surface area contributed by atoms with E-state index in [0.29, 0.717) is 0 Å². The molecule has 0 radical (unpaired) electrons. The van der Waals surface area contributed by atoms with E-state index in [1.807, 2.05) is 6.20 Å². The topological polar surface area (TPSA) is 24.9 Å². The Morgan fingerprint density at radius 3 is 2.62 bits per heavy atom. The first-order valence-electron chi connectivity index (χ1n) is 5.10. The summed E-state index contributed by atoms with van der Waals surface area (Å²) in [6.07, 6.45) is 1.92. The molecular weight excluding hydrogens is 284 g/mol. The van der Waals surface area contributed by atoms with E-state index in [1.165, 1.54) is 10.4 Å². The summed E-state index contributed by atoms with van der Waals surface area (Å²) in [5.74, 6) is 0. The standard InChI is InChI=1S/C12H13BrN2S/c1-9-6-15-12(16-9)8-14-7-10-2-4-11(13)5-3-10/h2-6,14H,7-8H2,1H3. The molecule has 1 aromatic carbocycles. The largest absolute Gasteiger partial charge is 0.306 e. The minimum absolute atomic E-state index is 0.842. The lowest BCUT2D eigenvalue weighted by molar-refractivity contribution is 0.690. The van der Waals surface area contributed by atoms with Crippen molar-refractivity contribution in [1.29, 1.82) is 0 Å². The lowest BCUT2D eigenvalue weighted by Gasteiger charge is -2.02. The molecule has 4 heteroatoms. The van der Waals surface area contributed by atoms with Crippen molar-refractivity contribution in [3.8, 4) is 0 Å². The lowest BCUT2D eigenvalue weighted by atomic mass is 10.2. The van der Waals surface area contributed by atoms with Gasteiger partial charge in [0, 0.05) is 28.6 Å². The fourth-order valence-corrected chi connectivity index (χ4v) is 2.42. The number of aromatic nitrogens is 1. The number of nitrogens with one attached hydrogen (secondary N) is 1. The van der Waals surface area contributed by atoms with Crippen LogP contribution in [0.15, 0.2) is 34.9 Å². The number of hydrogen-bond donors (Lipinski definition) is 1. The van der Waals surface area contributed by atoms with Crippen LogP contribution in [0.3, 0.4) is 0 Å². The molecule has 0 saturated carbocycles. The molecule has 0 amide bonds. The highest BCUT2D eigenvalue weighted by molar-refractivity contribution is 9.10. The van der Waals surface area contributed by atoms with Gasteiger partial charge in [0.15, 0.2) is 0 Å². The van der Waals surface area contributed by atoms with Gasteiger partial charge >= 0.3 is 0 Å². The van der Waals surface area contributed by atoms with Crippen LogP contribution in [-0.2, 0) is 13.1 Å². The number of hydrogen-bond acceptors (Lipinski definition) is 3. The van der Waals surface area contributed by atoms with Gasteiger partial charge in [0.1, 0.15) is 5.01 Å². The van der Waals surface area contributed by atoms with E-state index in [2.05, 4.69) is 57.4 Å². The van der Waals surface area contributed by atoms with E-state index in [4.69, 9.17) is 0 Å². The van der Waals surface area contributed by atoms with Gasteiger partial charge in [-0.3, -0.25) is 0 Å². The highest BCUT2D eigenvalue weighted by atomic mass is 79.9. The molecule has 1 heterocycles. The molecule has 0 spiro atoms. The highest BCUT2D eigenvalue weighted by Crippen LogP contribution is 2.12. The second kappa shape index (κ2) is 5.57. The molecular formula is C12H13BrN2S. The zero-order valence-corrected chi connectivity index (χ0v) is 11.4. The van der Waals surface area contributed by atoms with Crippen molar-refractivity contribution in [2.75, 3.05) is 0 Å². The molecule has 0 atom stereocenters. The second-order valence-corrected chi connectivity index (χ2v) is 5.83. The van der Waals surface area contributed by atoms with E-state index in [-0.39, 0.29) is 0 Å². The first-order valence-corrected chi connectivity index (χ1v) is 6.71. The van der Waals surface area contributed by atoms with Crippen molar-refractivity contribution >= 4 is 27.3 Å². The summed E-state index contributed by atoms with van der Waals surface area (Å²) in [6.45, 7) is 3.80. The average molecular weight is 297 g/mol. The Balaban J connectivity index is 1.82. The van der Waals surface area contributed by atoms with Gasteiger partial charge in [-0.2, -0.15) is 0 Å². The third-order valence-electron chi connectivity index (χ3n) is 2.19. The van der Waals surface area contributed by atoms with Gasteiger partial charge in [-0.1, -0.05) is 28.1 Å². The summed E-state index contributed by atoms with van der Waals surface area (Å²) in [7, 11) is 0. The average Bonchev–Trinajstić information content (AvgIpc) is 2.67. The lowest BCUT2D eigenvalue weighted by Crippen LogP contribution is -2.12. The number of aryl methyl sites for hydroxylation is 1. The van der Waals surface area contributed by atoms with Crippen LogP contribution in [0, 0.1) is 6.92 Å². The number of thiazole rings is 1. The van der Waals surface area contributed by atoms with Crippen LogP contribution in [0.1, 0.15) is 15.4 Å². The molecule has 2 aromatic rings. The summed E-state index contributed by atoms with van der Waals surface area (Å²) in [4.78, 5) is 5.57. The molecule has 1 aromatic heterocycles. The maximum atomic E-state index is 4.31. The van der Waals surface area contributed by atoms with E-state index in [0.717, 1.165) is 22.6 Å². The highest BCUT2D eigenvalue weighted by Gasteiger charge is 1.98. The fraction of sp³-hybridized carbons (Fsp3) is 0.250. The van der Waals surface area contributed by atoms with Crippen molar-refractivity contribution in [3.63, 3.8) is 0 Å². The predicted octanol–water partition coefficient (Wildman–Crippen LogP) is 3.50. The van der Waals surface area contributed by atoms with Gasteiger partial charge in [0.25, 0.3) is 0 Å². The van der Waals surface area contributed by atoms with Crippen molar-refractivity contribution < 1.29 is 0 Å². The molecule has 0 fully saturated rings. The Hall–Kier alpha value is -0.710. The number of benzene rings is 1. The zero-order chi connectivity index (χ0) is 11.4. The second-order valence-electron chi connectivity index (χ2n) is 3.59. The molecule has 0 saturated heterocycles. The summed E-state index contributed by atoms with van der Waals surface area (Å²) in [5, 5.41) is 4.53. The van der Waals surface area contributed by atoms with Crippen molar-refractivity contribution in [1.82, 2.24) is 10.3 Å². The van der Waals surface area contributed by atoms with Crippen LogP contribution in [0.5, 0.6) is 0 Å². The van der Waals surface area contributed by atoms with Gasteiger partial charge < -0.3 is 5.32 Å². The van der Waals surface area contributed by atoms with Crippen LogP contribution in [0.4, 0.5) is 0 Å². The molecule has 0 unspecified atom stereocenters. The first kappa shape index (κ1) is 11.8. The molecule has 0 bridgehead atoms. The minimum Gasteiger partial charge on any atom is -0.306 e. The summed E-state index contributed by atoms with van der Waals surface area (Å²) >= 11 is 5.17. The maximum Gasteiger partial charge on any atom is 0.107 e. The first-order chi connectivity index (χ1) is 7.74. The third-order valence-corrected chi connectivity index (χ3v) is 3.63. The monoisotopic (exact) mass is 296 g/mol. The molecule has 1 N–H and O–H groups in total. The molecule has 16 heavy (non-hydrogen) atoms. The normalized spacial score (nSPS) is 10.6. The molecule has 0 aliphatic rings. The van der Waals surface area contributed by atoms with Crippen LogP contribution >= 0.6 is 27.3 Å². The van der Waals surface area contributed by atoms with Crippen molar-refractivity contribution in [2.24, 2.45) is 0 Å².